The number of nitrogens with two attached hydrogens (primary N) is 1. The van der Waals surface area contributed by atoms with Gasteiger partial charge in [0.1, 0.15) is 12.1 Å². The Kier molecular flexibility index (Phi) is 7.83. The molecule has 0 spiro atoms. The minimum Gasteiger partial charge on any atom is -0.375 e. The maximum Gasteiger partial charge on any atom is 0.342 e. The molecule has 0 aromatic heterocycles. The molecule has 1 amide bonds. The van der Waals surface area contributed by atoms with Crippen molar-refractivity contribution in [1.82, 2.24) is 5.32 Å². The summed E-state index contributed by atoms with van der Waals surface area (Å²) < 4.78 is 9.52. The summed E-state index contributed by atoms with van der Waals surface area (Å²) in [4.78, 5) is 34.0. The smallest absolute Gasteiger partial charge is 0.342 e. The minimum absolute atomic E-state index is 0.319. The Labute approximate surface area is 126 Å². The summed E-state index contributed by atoms with van der Waals surface area (Å²) in [6.45, 7) is 1.32. The van der Waals surface area contributed by atoms with E-state index < -0.39 is 24.0 Å². The van der Waals surface area contributed by atoms with E-state index in [4.69, 9.17) is 14.1 Å². The fourth-order valence-electron chi connectivity index (χ4n) is 0.934. The van der Waals surface area contributed by atoms with Crippen molar-refractivity contribution in [3.05, 3.63) is 0 Å². The molecule has 0 bridgehead atoms. The first-order valence-corrected chi connectivity index (χ1v) is 9.52. The van der Waals surface area contributed by atoms with Crippen LogP contribution in [0.15, 0.2) is 0 Å². The molecule has 0 saturated carbocycles. The second-order valence-corrected chi connectivity index (χ2v) is 7.34. The number of carbonyl (C=O) groups is 3. The van der Waals surface area contributed by atoms with Gasteiger partial charge in [-0.05, 0) is 0 Å². The predicted molar refractivity (Wildman–Crippen MR) is 77.9 cm³/mol. The zero-order valence-electron chi connectivity index (χ0n) is 9.82. The van der Waals surface area contributed by atoms with Crippen LogP contribution >= 0.6 is 43.7 Å². The van der Waals surface area contributed by atoms with Gasteiger partial charge in [-0.1, -0.05) is 21.6 Å². The van der Waals surface area contributed by atoms with Crippen LogP contribution in [0.25, 0.3) is 0 Å². The summed E-state index contributed by atoms with van der Waals surface area (Å²) in [5.74, 6) is -0.796. The lowest BCUT2D eigenvalue weighted by molar-refractivity contribution is -0.137. The molecule has 1 rings (SSSR count). The Bertz CT molecular complexity index is 356. The third-order valence-electron chi connectivity index (χ3n) is 1.79. The van der Waals surface area contributed by atoms with Crippen LogP contribution < -0.4 is 11.1 Å². The molecule has 11 heteroatoms. The van der Waals surface area contributed by atoms with E-state index in [1.54, 1.807) is 0 Å². The van der Waals surface area contributed by atoms with E-state index in [1.807, 2.05) is 0 Å². The lowest BCUT2D eigenvalue weighted by Crippen LogP contribution is -2.42. The molecule has 2 unspecified atom stereocenters. The van der Waals surface area contributed by atoms with Crippen molar-refractivity contribution in [2.75, 3.05) is 11.5 Å². The molecule has 3 N–H and O–H groups in total. The van der Waals surface area contributed by atoms with Crippen molar-refractivity contribution in [3.8, 4) is 0 Å². The quantitative estimate of drug-likeness (QED) is 0.516. The van der Waals surface area contributed by atoms with Crippen molar-refractivity contribution >= 4 is 61.6 Å². The van der Waals surface area contributed by atoms with Gasteiger partial charge < -0.3 is 19.4 Å². The van der Waals surface area contributed by atoms with E-state index in [1.165, 1.54) is 28.5 Å². The predicted octanol–water partition coefficient (Wildman–Crippen LogP) is 0.511. The monoisotopic (exact) mass is 344 g/mol. The highest BCUT2D eigenvalue weighted by molar-refractivity contribution is 8.76. The Morgan fingerprint density at radius 3 is 2.42 bits per heavy atom. The molecule has 0 aliphatic carbocycles. The number of rotatable bonds is 1. The molecular formula is C8H12N2O5S4. The molecule has 19 heavy (non-hydrogen) atoms. The fourth-order valence-corrected chi connectivity index (χ4v) is 4.19. The van der Waals surface area contributed by atoms with Gasteiger partial charge in [-0.25, -0.2) is 9.59 Å². The SMILES string of the molecule is CC(=O)NC1CSSCC(N)C(=O)OSSOC1=O. The maximum absolute atomic E-state index is 11.7. The van der Waals surface area contributed by atoms with E-state index in [-0.39, 0.29) is 5.91 Å². The van der Waals surface area contributed by atoms with Gasteiger partial charge in [-0.3, -0.25) is 4.79 Å². The lowest BCUT2D eigenvalue weighted by Gasteiger charge is -2.16. The Hall–Kier alpha value is -0.230. The number of nitrogens with one attached hydrogen (secondary N) is 1. The maximum atomic E-state index is 11.7. The van der Waals surface area contributed by atoms with Gasteiger partial charge >= 0.3 is 11.9 Å². The second-order valence-electron chi connectivity index (χ2n) is 3.37. The third-order valence-corrected chi connectivity index (χ3v) is 5.33. The van der Waals surface area contributed by atoms with Crippen LogP contribution in [-0.4, -0.2) is 41.4 Å². The van der Waals surface area contributed by atoms with Crippen LogP contribution in [0.4, 0.5) is 0 Å². The number of amides is 1. The normalized spacial score (nSPS) is 26.4. The van der Waals surface area contributed by atoms with Crippen molar-refractivity contribution in [2.24, 2.45) is 5.73 Å². The Morgan fingerprint density at radius 1 is 1.21 bits per heavy atom. The standard InChI is InChI=1S/C8H12N2O5S4/c1-4(11)10-6-3-17-16-2-5(9)7(12)14-18-19-15-8(6)13/h5-6H,2-3,9H2,1H3,(H,10,11). The van der Waals surface area contributed by atoms with Crippen molar-refractivity contribution < 1.29 is 22.7 Å². The Morgan fingerprint density at radius 2 is 1.79 bits per heavy atom. The molecule has 7 nitrogen and oxygen atoms in total. The second kappa shape index (κ2) is 8.84. The van der Waals surface area contributed by atoms with E-state index in [2.05, 4.69) is 5.32 Å². The minimum atomic E-state index is -0.741. The first-order chi connectivity index (χ1) is 9.00. The molecule has 0 aromatic carbocycles. The van der Waals surface area contributed by atoms with Crippen molar-refractivity contribution in [1.29, 1.82) is 0 Å². The summed E-state index contributed by atoms with van der Waals surface area (Å²) in [6.07, 6.45) is 0. The van der Waals surface area contributed by atoms with Gasteiger partial charge in [-0.2, -0.15) is 0 Å². The largest absolute Gasteiger partial charge is 0.375 e. The molecule has 0 radical (unpaired) electrons. The summed E-state index contributed by atoms with van der Waals surface area (Å²) in [7, 11) is 2.65. The van der Waals surface area contributed by atoms with Gasteiger partial charge in [-0.15, -0.1) is 0 Å². The number of hydrogen-bond donors (Lipinski definition) is 2. The van der Waals surface area contributed by atoms with Gasteiger partial charge in [0.05, 0.1) is 0 Å². The summed E-state index contributed by atoms with van der Waals surface area (Å²) in [6, 6.07) is -1.48. The van der Waals surface area contributed by atoms with Crippen molar-refractivity contribution in [2.45, 2.75) is 19.0 Å². The van der Waals surface area contributed by atoms with Crippen LogP contribution in [0, 0.1) is 0 Å². The van der Waals surface area contributed by atoms with Crippen LogP contribution in [0.1, 0.15) is 6.92 Å². The number of carbonyl (C=O) groups excluding carboxylic acids is 3. The molecular weight excluding hydrogens is 332 g/mol. The van der Waals surface area contributed by atoms with E-state index in [9.17, 15) is 14.4 Å². The Balaban J connectivity index is 2.57. The van der Waals surface area contributed by atoms with E-state index in [0.717, 1.165) is 0 Å². The van der Waals surface area contributed by atoms with Crippen LogP contribution in [-0.2, 0) is 22.7 Å². The van der Waals surface area contributed by atoms with Crippen molar-refractivity contribution in [3.63, 3.8) is 0 Å². The number of hydrogen-bond acceptors (Lipinski definition) is 10. The molecule has 1 aliphatic rings. The van der Waals surface area contributed by atoms with Gasteiger partial charge in [0.25, 0.3) is 0 Å². The third kappa shape index (κ3) is 6.65. The zero-order valence-corrected chi connectivity index (χ0v) is 13.1. The highest BCUT2D eigenvalue weighted by atomic mass is 33.1. The molecule has 2 atom stereocenters. The molecule has 1 fully saturated rings. The van der Waals surface area contributed by atoms with Crippen LogP contribution in [0.5, 0.6) is 0 Å². The summed E-state index contributed by atoms with van der Waals surface area (Å²) in [5.41, 5.74) is 5.59. The first-order valence-electron chi connectivity index (χ1n) is 5.03. The van der Waals surface area contributed by atoms with E-state index >= 15 is 0 Å². The average Bonchev–Trinajstić information content (AvgIpc) is 2.35. The lowest BCUT2D eigenvalue weighted by atomic mass is 10.3. The fraction of sp³-hybridized carbons (Fsp3) is 0.625. The van der Waals surface area contributed by atoms with Gasteiger partial charge in [0, 0.05) is 18.4 Å². The zero-order chi connectivity index (χ0) is 14.3. The average molecular weight is 344 g/mol. The van der Waals surface area contributed by atoms with E-state index in [0.29, 0.717) is 33.7 Å². The van der Waals surface area contributed by atoms with Gasteiger partial charge in [0.2, 0.25) is 5.91 Å². The molecule has 108 valence electrons. The molecule has 1 saturated heterocycles. The summed E-state index contributed by atoms with van der Waals surface area (Å²) in [5, 5.41) is 2.49. The van der Waals surface area contributed by atoms with Crippen LogP contribution in [0.3, 0.4) is 0 Å². The van der Waals surface area contributed by atoms with Gasteiger partial charge in [0.15, 0.2) is 22.1 Å². The highest BCUT2D eigenvalue weighted by Gasteiger charge is 2.24. The first kappa shape index (κ1) is 16.8. The molecule has 0 aromatic rings. The highest BCUT2D eigenvalue weighted by Crippen LogP contribution is 2.29. The van der Waals surface area contributed by atoms with Crippen LogP contribution in [0.2, 0.25) is 0 Å². The summed E-state index contributed by atoms with van der Waals surface area (Å²) >= 11 is 1.23. The topological polar surface area (TPSA) is 108 Å². The molecule has 1 heterocycles. The molecule has 1 aliphatic heterocycles.